The molecule has 1 spiro atoms. The number of rotatable bonds is 1. The van der Waals surface area contributed by atoms with Crippen molar-refractivity contribution in [1.29, 1.82) is 0 Å². The van der Waals surface area contributed by atoms with Crippen LogP contribution >= 0.6 is 27.3 Å². The van der Waals surface area contributed by atoms with Crippen LogP contribution in [-0.2, 0) is 4.74 Å². The van der Waals surface area contributed by atoms with E-state index in [4.69, 9.17) is 4.74 Å². The van der Waals surface area contributed by atoms with Crippen LogP contribution in [-0.4, -0.2) is 47.8 Å². The molecule has 1 atom stereocenters. The van der Waals surface area contributed by atoms with E-state index in [2.05, 4.69) is 25.8 Å². The molecular formula is C12H14BrN3O2S. The van der Waals surface area contributed by atoms with Gasteiger partial charge in [0.25, 0.3) is 0 Å². The fraction of sp³-hybridized carbons (Fsp3) is 0.667. The fourth-order valence-electron chi connectivity index (χ4n) is 3.53. The molecule has 19 heavy (non-hydrogen) atoms. The molecule has 1 amide bonds. The van der Waals surface area contributed by atoms with Gasteiger partial charge >= 0.3 is 6.09 Å². The van der Waals surface area contributed by atoms with Crippen molar-refractivity contribution in [2.45, 2.75) is 18.4 Å². The SMILES string of the molecule is O=C1OC2(CN3CCC2CC3)CN1c1ncc(Br)s1. The summed E-state index contributed by atoms with van der Waals surface area (Å²) < 4.78 is 6.73. The van der Waals surface area contributed by atoms with Gasteiger partial charge in [-0.25, -0.2) is 14.7 Å². The molecule has 0 aliphatic carbocycles. The van der Waals surface area contributed by atoms with Crippen LogP contribution in [0.2, 0.25) is 0 Å². The molecule has 5 heterocycles. The highest BCUT2D eigenvalue weighted by Crippen LogP contribution is 2.43. The number of amides is 1. The Morgan fingerprint density at radius 1 is 1.42 bits per heavy atom. The molecule has 5 rings (SSSR count). The predicted octanol–water partition coefficient (Wildman–Crippen LogP) is 2.33. The lowest BCUT2D eigenvalue weighted by Crippen LogP contribution is -2.61. The molecule has 7 heteroatoms. The van der Waals surface area contributed by atoms with Crippen LogP contribution in [0.5, 0.6) is 0 Å². The largest absolute Gasteiger partial charge is 0.439 e. The number of hydrogen-bond acceptors (Lipinski definition) is 5. The summed E-state index contributed by atoms with van der Waals surface area (Å²) in [5.41, 5.74) is -0.300. The molecule has 102 valence electrons. The molecule has 4 saturated heterocycles. The van der Waals surface area contributed by atoms with Gasteiger partial charge in [-0.05, 0) is 41.9 Å². The third-order valence-corrected chi connectivity index (χ3v) is 5.95. The van der Waals surface area contributed by atoms with Crippen LogP contribution in [0.3, 0.4) is 0 Å². The van der Waals surface area contributed by atoms with Crippen LogP contribution in [0.4, 0.5) is 9.93 Å². The normalized spacial score (nSPS) is 37.1. The number of piperidine rings is 3. The molecule has 0 aromatic carbocycles. The van der Waals surface area contributed by atoms with Crippen LogP contribution in [0.1, 0.15) is 12.8 Å². The summed E-state index contributed by atoms with van der Waals surface area (Å²) in [6, 6.07) is 0. The minimum absolute atomic E-state index is 0.240. The predicted molar refractivity (Wildman–Crippen MR) is 75.5 cm³/mol. The van der Waals surface area contributed by atoms with E-state index in [1.807, 2.05) is 0 Å². The number of halogens is 1. The van der Waals surface area contributed by atoms with Crippen LogP contribution in [0.25, 0.3) is 0 Å². The summed E-state index contributed by atoms with van der Waals surface area (Å²) in [5.74, 6) is 0.509. The number of aromatic nitrogens is 1. The van der Waals surface area contributed by atoms with Crippen LogP contribution < -0.4 is 4.90 Å². The molecule has 4 fully saturated rings. The second kappa shape index (κ2) is 4.17. The van der Waals surface area contributed by atoms with Gasteiger partial charge in [-0.1, -0.05) is 11.3 Å². The fourth-order valence-corrected chi connectivity index (χ4v) is 4.70. The maximum atomic E-state index is 12.2. The standard InChI is InChI=1S/C12H14BrN3O2S/c13-9-5-14-10(19-9)16-7-12(18-11(16)17)6-15-3-1-8(12)2-4-15/h5,8H,1-4,6-7H2. The second-order valence-electron chi connectivity index (χ2n) is 5.52. The number of nitrogens with zero attached hydrogens (tertiary/aromatic N) is 3. The molecule has 4 aliphatic heterocycles. The zero-order valence-electron chi connectivity index (χ0n) is 10.3. The Balaban J connectivity index is 1.63. The van der Waals surface area contributed by atoms with E-state index in [9.17, 15) is 4.79 Å². The van der Waals surface area contributed by atoms with Crippen molar-refractivity contribution in [2.75, 3.05) is 31.1 Å². The van der Waals surface area contributed by atoms with Gasteiger partial charge in [0.1, 0.15) is 5.60 Å². The maximum absolute atomic E-state index is 12.2. The molecular weight excluding hydrogens is 330 g/mol. The first-order valence-electron chi connectivity index (χ1n) is 6.50. The highest BCUT2D eigenvalue weighted by molar-refractivity contribution is 9.11. The Labute approximate surface area is 123 Å². The van der Waals surface area contributed by atoms with Crippen molar-refractivity contribution in [2.24, 2.45) is 5.92 Å². The number of hydrogen-bond donors (Lipinski definition) is 0. The number of carbonyl (C=O) groups is 1. The molecule has 5 nitrogen and oxygen atoms in total. The Morgan fingerprint density at radius 3 is 2.79 bits per heavy atom. The lowest BCUT2D eigenvalue weighted by Gasteiger charge is -2.49. The van der Waals surface area contributed by atoms with Gasteiger partial charge in [-0.3, -0.25) is 4.90 Å². The van der Waals surface area contributed by atoms with E-state index in [0.717, 1.165) is 41.4 Å². The number of ether oxygens (including phenoxy) is 1. The smallest absolute Gasteiger partial charge is 0.416 e. The van der Waals surface area contributed by atoms with E-state index in [0.29, 0.717) is 12.5 Å². The molecule has 0 radical (unpaired) electrons. The van der Waals surface area contributed by atoms with E-state index in [-0.39, 0.29) is 11.7 Å². The summed E-state index contributed by atoms with van der Waals surface area (Å²) in [4.78, 5) is 20.5. The summed E-state index contributed by atoms with van der Waals surface area (Å²) in [6.07, 6.45) is 3.77. The quantitative estimate of drug-likeness (QED) is 0.785. The van der Waals surface area contributed by atoms with Gasteiger partial charge in [-0.2, -0.15) is 0 Å². The van der Waals surface area contributed by atoms with Crippen molar-refractivity contribution in [1.82, 2.24) is 9.88 Å². The first-order valence-corrected chi connectivity index (χ1v) is 8.11. The molecule has 0 N–H and O–H groups in total. The number of carbonyl (C=O) groups excluding carboxylic acids is 1. The lowest BCUT2D eigenvalue weighted by atomic mass is 9.75. The average molecular weight is 344 g/mol. The Hall–Kier alpha value is -0.660. The Kier molecular flexibility index (Phi) is 2.65. The second-order valence-corrected chi connectivity index (χ2v) is 7.90. The summed E-state index contributed by atoms with van der Waals surface area (Å²) in [5, 5.41) is 0.727. The third-order valence-electron chi connectivity index (χ3n) is 4.46. The minimum Gasteiger partial charge on any atom is -0.439 e. The van der Waals surface area contributed by atoms with Gasteiger partial charge in [0, 0.05) is 12.5 Å². The zero-order chi connectivity index (χ0) is 13.0. The van der Waals surface area contributed by atoms with E-state index in [1.165, 1.54) is 11.3 Å². The van der Waals surface area contributed by atoms with Gasteiger partial charge in [0.2, 0.25) is 0 Å². The van der Waals surface area contributed by atoms with Gasteiger partial charge < -0.3 is 4.74 Å². The van der Waals surface area contributed by atoms with Crippen molar-refractivity contribution >= 4 is 38.5 Å². The van der Waals surface area contributed by atoms with Crippen molar-refractivity contribution in [3.8, 4) is 0 Å². The van der Waals surface area contributed by atoms with Crippen LogP contribution in [0.15, 0.2) is 9.98 Å². The van der Waals surface area contributed by atoms with Gasteiger partial charge in [0.15, 0.2) is 5.13 Å². The molecule has 4 aliphatic rings. The topological polar surface area (TPSA) is 45.7 Å². The van der Waals surface area contributed by atoms with Crippen molar-refractivity contribution < 1.29 is 9.53 Å². The average Bonchev–Trinajstić information content (AvgIpc) is 2.95. The highest BCUT2D eigenvalue weighted by atomic mass is 79.9. The number of fused-ring (bicyclic) bond motifs is 2. The van der Waals surface area contributed by atoms with Crippen molar-refractivity contribution in [3.63, 3.8) is 0 Å². The first kappa shape index (κ1) is 12.1. The minimum atomic E-state index is -0.300. The lowest BCUT2D eigenvalue weighted by molar-refractivity contribution is -0.0881. The summed E-state index contributed by atoms with van der Waals surface area (Å²) in [6.45, 7) is 3.82. The first-order chi connectivity index (χ1) is 9.16. The third kappa shape index (κ3) is 1.82. The molecule has 2 bridgehead atoms. The van der Waals surface area contributed by atoms with E-state index >= 15 is 0 Å². The molecule has 0 saturated carbocycles. The Morgan fingerprint density at radius 2 is 2.21 bits per heavy atom. The summed E-state index contributed by atoms with van der Waals surface area (Å²) >= 11 is 4.86. The van der Waals surface area contributed by atoms with Gasteiger partial charge in [-0.15, -0.1) is 0 Å². The van der Waals surface area contributed by atoms with Crippen molar-refractivity contribution in [3.05, 3.63) is 9.98 Å². The Bertz CT molecular complexity index is 529. The van der Waals surface area contributed by atoms with Gasteiger partial charge in [0.05, 0.1) is 16.5 Å². The molecule has 1 aromatic heterocycles. The molecule has 1 unspecified atom stereocenters. The summed E-state index contributed by atoms with van der Waals surface area (Å²) in [7, 11) is 0. The monoisotopic (exact) mass is 343 g/mol. The van der Waals surface area contributed by atoms with Crippen LogP contribution in [0, 0.1) is 5.92 Å². The zero-order valence-corrected chi connectivity index (χ0v) is 12.7. The number of anilines is 1. The maximum Gasteiger partial charge on any atom is 0.416 e. The number of thiazole rings is 1. The van der Waals surface area contributed by atoms with E-state index < -0.39 is 0 Å². The van der Waals surface area contributed by atoms with E-state index in [1.54, 1.807) is 11.1 Å². The highest BCUT2D eigenvalue weighted by Gasteiger charge is 2.56. The molecule has 1 aromatic rings.